The fourth-order valence-corrected chi connectivity index (χ4v) is 3.26. The number of hydrogen-bond acceptors (Lipinski definition) is 6. The normalized spacial score (nSPS) is 11.4. The number of rotatable bonds is 3. The molecule has 0 saturated heterocycles. The van der Waals surface area contributed by atoms with Gasteiger partial charge in [-0.1, -0.05) is 18.2 Å². The molecule has 0 spiro atoms. The largest absolute Gasteiger partial charge is 0.508 e. The highest BCUT2D eigenvalue weighted by Gasteiger charge is 2.38. The zero-order valence-corrected chi connectivity index (χ0v) is 13.9. The molecule has 6 heteroatoms. The van der Waals surface area contributed by atoms with Crippen molar-refractivity contribution in [2.24, 2.45) is 0 Å². The molecular formula is C20H18O6. The van der Waals surface area contributed by atoms with Crippen LogP contribution in [0.4, 0.5) is 0 Å². The van der Waals surface area contributed by atoms with Crippen LogP contribution in [0, 0.1) is 0 Å². The van der Waals surface area contributed by atoms with E-state index in [0.717, 1.165) is 18.2 Å². The molecule has 0 radical (unpaired) electrons. The van der Waals surface area contributed by atoms with Crippen LogP contribution in [0.5, 0.6) is 34.5 Å². The van der Waals surface area contributed by atoms with Crippen molar-refractivity contribution in [1.82, 2.24) is 0 Å². The lowest BCUT2D eigenvalue weighted by Crippen LogP contribution is -2.25. The van der Waals surface area contributed by atoms with Crippen molar-refractivity contribution in [3.05, 3.63) is 71.3 Å². The van der Waals surface area contributed by atoms with Crippen LogP contribution in [-0.4, -0.2) is 30.6 Å². The zero-order valence-electron chi connectivity index (χ0n) is 13.9. The van der Waals surface area contributed by atoms with Gasteiger partial charge < -0.3 is 30.6 Å². The van der Waals surface area contributed by atoms with Gasteiger partial charge in [0.2, 0.25) is 0 Å². The molecule has 0 heterocycles. The molecule has 6 N–H and O–H groups in total. The topological polar surface area (TPSA) is 121 Å². The van der Waals surface area contributed by atoms with Gasteiger partial charge in [-0.15, -0.1) is 0 Å². The number of aromatic hydroxyl groups is 6. The van der Waals surface area contributed by atoms with E-state index >= 15 is 0 Å². The van der Waals surface area contributed by atoms with Crippen LogP contribution >= 0.6 is 0 Å². The molecular weight excluding hydrogens is 336 g/mol. The fraction of sp³-hybridized carbons (Fsp3) is 0.100. The van der Waals surface area contributed by atoms with Crippen molar-refractivity contribution in [2.45, 2.75) is 12.3 Å². The lowest BCUT2D eigenvalue weighted by molar-refractivity contribution is 0.417. The molecule has 3 rings (SSSR count). The first kappa shape index (κ1) is 17.3. The molecule has 134 valence electrons. The number of benzene rings is 3. The molecule has 0 bridgehead atoms. The standard InChI is InChI=1S/C20H18O6/c1-20(14-5-2-11(21)8-17(14)24,15-6-3-12(22)9-18(15)25)16-7-4-13(23)10-19(16)26/h2-10,21-26H,1H3. The molecule has 0 atom stereocenters. The molecule has 26 heavy (non-hydrogen) atoms. The van der Waals surface area contributed by atoms with E-state index in [4.69, 9.17) is 0 Å². The molecule has 0 saturated carbocycles. The Hall–Kier alpha value is -3.54. The Morgan fingerprint density at radius 3 is 1.00 bits per heavy atom. The third kappa shape index (κ3) is 2.71. The third-order valence-corrected chi connectivity index (χ3v) is 4.56. The second-order valence-electron chi connectivity index (χ2n) is 6.23. The van der Waals surface area contributed by atoms with Gasteiger partial charge in [0.05, 0.1) is 5.41 Å². The van der Waals surface area contributed by atoms with Gasteiger partial charge in [0, 0.05) is 34.9 Å². The second-order valence-corrected chi connectivity index (χ2v) is 6.23. The van der Waals surface area contributed by atoms with Crippen molar-refractivity contribution in [2.75, 3.05) is 0 Å². The highest BCUT2D eigenvalue weighted by Crippen LogP contribution is 2.49. The molecule has 0 aliphatic carbocycles. The van der Waals surface area contributed by atoms with Crippen LogP contribution in [-0.2, 0) is 5.41 Å². The van der Waals surface area contributed by atoms with Crippen molar-refractivity contribution in [1.29, 1.82) is 0 Å². The molecule has 0 amide bonds. The smallest absolute Gasteiger partial charge is 0.123 e. The molecule has 0 unspecified atom stereocenters. The average Bonchev–Trinajstić information content (AvgIpc) is 2.54. The van der Waals surface area contributed by atoms with Gasteiger partial charge in [-0.05, 0) is 25.1 Å². The first-order valence-corrected chi connectivity index (χ1v) is 7.81. The Bertz CT molecular complexity index is 855. The Balaban J connectivity index is 2.38. The number of phenols is 6. The summed E-state index contributed by atoms with van der Waals surface area (Å²) in [6, 6.07) is 12.0. The molecule has 0 aliphatic rings. The summed E-state index contributed by atoms with van der Waals surface area (Å²) in [5.74, 6) is -1.15. The Morgan fingerprint density at radius 1 is 0.500 bits per heavy atom. The van der Waals surface area contributed by atoms with Gasteiger partial charge >= 0.3 is 0 Å². The third-order valence-electron chi connectivity index (χ3n) is 4.56. The lowest BCUT2D eigenvalue weighted by atomic mass is 9.70. The molecule has 6 nitrogen and oxygen atoms in total. The Kier molecular flexibility index (Phi) is 4.04. The fourth-order valence-electron chi connectivity index (χ4n) is 3.26. The van der Waals surface area contributed by atoms with Crippen LogP contribution in [0.2, 0.25) is 0 Å². The monoisotopic (exact) mass is 354 g/mol. The SMILES string of the molecule is CC(c1ccc(O)cc1O)(c1ccc(O)cc1O)c1ccc(O)cc1O. The van der Waals surface area contributed by atoms with Crippen LogP contribution in [0.15, 0.2) is 54.6 Å². The predicted octanol–water partition coefficient (Wildman–Crippen LogP) is 3.27. The summed E-state index contributed by atoms with van der Waals surface area (Å²) >= 11 is 0. The van der Waals surface area contributed by atoms with Crippen molar-refractivity contribution >= 4 is 0 Å². The molecule has 3 aromatic rings. The maximum atomic E-state index is 10.4. The van der Waals surface area contributed by atoms with E-state index in [1.807, 2.05) is 0 Å². The van der Waals surface area contributed by atoms with Crippen molar-refractivity contribution in [3.8, 4) is 34.5 Å². The van der Waals surface area contributed by atoms with Crippen LogP contribution in [0.3, 0.4) is 0 Å². The quantitative estimate of drug-likeness (QED) is 0.402. The first-order chi connectivity index (χ1) is 12.2. The van der Waals surface area contributed by atoms with Gasteiger partial charge in [-0.3, -0.25) is 0 Å². The predicted molar refractivity (Wildman–Crippen MR) is 94.9 cm³/mol. The first-order valence-electron chi connectivity index (χ1n) is 7.81. The Labute approximate surface area is 149 Å². The highest BCUT2D eigenvalue weighted by atomic mass is 16.3. The summed E-state index contributed by atoms with van der Waals surface area (Å²) in [6.45, 7) is 1.66. The van der Waals surface area contributed by atoms with Crippen LogP contribution in [0.25, 0.3) is 0 Å². The number of phenolic OH excluding ortho intramolecular Hbond substituents is 6. The van der Waals surface area contributed by atoms with Crippen molar-refractivity contribution < 1.29 is 30.6 Å². The van der Waals surface area contributed by atoms with E-state index in [9.17, 15) is 30.6 Å². The second kappa shape index (κ2) is 6.07. The minimum atomic E-state index is -1.26. The van der Waals surface area contributed by atoms with Gasteiger partial charge in [0.25, 0.3) is 0 Å². The summed E-state index contributed by atoms with van der Waals surface area (Å²) in [4.78, 5) is 0. The summed E-state index contributed by atoms with van der Waals surface area (Å²) in [5.41, 5.74) is -0.347. The lowest BCUT2D eigenvalue weighted by Gasteiger charge is -2.33. The maximum absolute atomic E-state index is 10.4. The summed E-state index contributed by atoms with van der Waals surface area (Å²) in [7, 11) is 0. The summed E-state index contributed by atoms with van der Waals surface area (Å²) in [6.07, 6.45) is 0. The van der Waals surface area contributed by atoms with Gasteiger partial charge in [-0.2, -0.15) is 0 Å². The average molecular weight is 354 g/mol. The van der Waals surface area contributed by atoms with Gasteiger partial charge in [-0.25, -0.2) is 0 Å². The number of hydrogen-bond donors (Lipinski definition) is 6. The minimum absolute atomic E-state index is 0.140. The summed E-state index contributed by atoms with van der Waals surface area (Å²) in [5, 5.41) is 60.1. The Morgan fingerprint density at radius 2 is 0.769 bits per heavy atom. The van der Waals surface area contributed by atoms with Gasteiger partial charge in [0.1, 0.15) is 34.5 Å². The van der Waals surface area contributed by atoms with Crippen molar-refractivity contribution in [3.63, 3.8) is 0 Å². The summed E-state index contributed by atoms with van der Waals surface area (Å²) < 4.78 is 0. The van der Waals surface area contributed by atoms with E-state index < -0.39 is 5.41 Å². The molecule has 3 aromatic carbocycles. The van der Waals surface area contributed by atoms with E-state index in [0.29, 0.717) is 16.7 Å². The minimum Gasteiger partial charge on any atom is -0.508 e. The van der Waals surface area contributed by atoms with E-state index in [1.165, 1.54) is 36.4 Å². The van der Waals surface area contributed by atoms with Crippen LogP contribution < -0.4 is 0 Å². The van der Waals surface area contributed by atoms with E-state index in [-0.39, 0.29) is 34.5 Å². The molecule has 0 aliphatic heterocycles. The van der Waals surface area contributed by atoms with Crippen LogP contribution in [0.1, 0.15) is 23.6 Å². The molecule has 0 aromatic heterocycles. The maximum Gasteiger partial charge on any atom is 0.123 e. The van der Waals surface area contributed by atoms with Gasteiger partial charge in [0.15, 0.2) is 0 Å². The zero-order chi connectivity index (χ0) is 19.1. The molecule has 0 fully saturated rings. The highest BCUT2D eigenvalue weighted by molar-refractivity contribution is 5.62. The van der Waals surface area contributed by atoms with E-state index in [1.54, 1.807) is 6.92 Å². The van der Waals surface area contributed by atoms with E-state index in [2.05, 4.69) is 0 Å².